The molecule has 5 nitrogen and oxygen atoms in total. The van der Waals surface area contributed by atoms with Crippen LogP contribution in [0.15, 0.2) is 24.5 Å². The number of carbonyl (C=O) groups is 2. The van der Waals surface area contributed by atoms with Crippen LogP contribution >= 0.6 is 0 Å². The second kappa shape index (κ2) is 5.23. The Bertz CT molecular complexity index is 517. The Morgan fingerprint density at radius 1 is 1.30 bits per heavy atom. The Morgan fingerprint density at radius 3 is 2.80 bits per heavy atom. The van der Waals surface area contributed by atoms with Gasteiger partial charge in [0.25, 0.3) is 0 Å². The van der Waals surface area contributed by atoms with E-state index in [4.69, 9.17) is 0 Å². The van der Waals surface area contributed by atoms with Gasteiger partial charge in [-0.2, -0.15) is 0 Å². The van der Waals surface area contributed by atoms with E-state index < -0.39 is 0 Å². The Balaban J connectivity index is 1.72. The van der Waals surface area contributed by atoms with Gasteiger partial charge in [0.1, 0.15) is 0 Å². The van der Waals surface area contributed by atoms with Gasteiger partial charge in [0.15, 0.2) is 0 Å². The topological polar surface area (TPSA) is 53.5 Å². The molecule has 3 aliphatic rings. The van der Waals surface area contributed by atoms with Crippen molar-refractivity contribution in [3.8, 4) is 0 Å². The van der Waals surface area contributed by atoms with Crippen molar-refractivity contribution in [2.45, 2.75) is 25.3 Å². The van der Waals surface area contributed by atoms with Crippen molar-refractivity contribution >= 4 is 11.8 Å². The normalized spacial score (nSPS) is 25.8. The highest BCUT2D eigenvalue weighted by Crippen LogP contribution is 2.28. The van der Waals surface area contributed by atoms with Crippen molar-refractivity contribution in [2.24, 2.45) is 5.92 Å². The molecule has 0 aliphatic carbocycles. The number of fused-ring (bicyclic) bond motifs is 4. The monoisotopic (exact) mass is 273 g/mol. The molecule has 4 heterocycles. The molecule has 3 saturated heterocycles. The van der Waals surface area contributed by atoms with Crippen LogP contribution in [0.4, 0.5) is 0 Å². The van der Waals surface area contributed by atoms with Gasteiger partial charge in [-0.25, -0.2) is 0 Å². The summed E-state index contributed by atoms with van der Waals surface area (Å²) >= 11 is 0. The molecule has 0 unspecified atom stereocenters. The quantitative estimate of drug-likeness (QED) is 0.797. The van der Waals surface area contributed by atoms with Gasteiger partial charge in [-0.05, 0) is 30.5 Å². The molecule has 0 radical (unpaired) electrons. The first-order valence-corrected chi connectivity index (χ1v) is 7.08. The number of pyridine rings is 1. The molecule has 2 bridgehead atoms. The molecule has 3 fully saturated rings. The second-order valence-electron chi connectivity index (χ2n) is 5.71. The van der Waals surface area contributed by atoms with Crippen LogP contribution in [-0.2, 0) is 16.0 Å². The highest BCUT2D eigenvalue weighted by molar-refractivity contribution is 5.83. The molecule has 0 aromatic carbocycles. The maximum atomic E-state index is 12.4. The lowest BCUT2D eigenvalue weighted by Crippen LogP contribution is -2.45. The van der Waals surface area contributed by atoms with Crippen LogP contribution in [0.5, 0.6) is 0 Å². The predicted molar refractivity (Wildman–Crippen MR) is 73.8 cm³/mol. The standard InChI is InChI=1S/C15H19N3O2/c1-17-13-3-2-12(15(17)20)9-18(10-13)14(19)8-11-4-6-16-7-5-11/h4-7,12-13H,2-3,8-10H2,1H3/t12-,13+/m0/s1. The molecule has 2 amide bonds. The summed E-state index contributed by atoms with van der Waals surface area (Å²) in [6, 6.07) is 3.91. The van der Waals surface area contributed by atoms with Gasteiger partial charge >= 0.3 is 0 Å². The van der Waals surface area contributed by atoms with Crippen LogP contribution < -0.4 is 0 Å². The fourth-order valence-electron chi connectivity index (χ4n) is 3.15. The summed E-state index contributed by atoms with van der Waals surface area (Å²) in [4.78, 5) is 32.2. The smallest absolute Gasteiger partial charge is 0.227 e. The lowest BCUT2D eigenvalue weighted by molar-refractivity contribution is -0.138. The first-order chi connectivity index (χ1) is 9.65. The number of likely N-dealkylation sites (N-methyl/N-ethyl adjacent to an activating group) is 1. The molecule has 4 rings (SSSR count). The SMILES string of the molecule is CN1C(=O)[C@H]2CC[C@@H]1CN(C(=O)Cc1ccncc1)C2. The van der Waals surface area contributed by atoms with E-state index in [1.165, 1.54) is 0 Å². The highest BCUT2D eigenvalue weighted by Gasteiger charge is 2.39. The first-order valence-electron chi connectivity index (χ1n) is 7.08. The van der Waals surface area contributed by atoms with E-state index in [2.05, 4.69) is 4.98 Å². The van der Waals surface area contributed by atoms with Crippen LogP contribution in [-0.4, -0.2) is 52.8 Å². The molecule has 1 aromatic rings. The van der Waals surface area contributed by atoms with E-state index in [1.54, 1.807) is 12.4 Å². The van der Waals surface area contributed by atoms with Gasteiger partial charge in [0.05, 0.1) is 12.3 Å². The van der Waals surface area contributed by atoms with E-state index in [0.29, 0.717) is 19.5 Å². The molecule has 106 valence electrons. The maximum Gasteiger partial charge on any atom is 0.227 e. The van der Waals surface area contributed by atoms with Gasteiger partial charge in [0, 0.05) is 38.6 Å². The molecule has 2 atom stereocenters. The number of hydrogen-bond donors (Lipinski definition) is 0. The van der Waals surface area contributed by atoms with E-state index >= 15 is 0 Å². The molecule has 1 aromatic heterocycles. The lowest BCUT2D eigenvalue weighted by Gasteiger charge is -2.32. The minimum Gasteiger partial charge on any atom is -0.341 e. The fourth-order valence-corrected chi connectivity index (χ4v) is 3.15. The van der Waals surface area contributed by atoms with Gasteiger partial charge in [-0.1, -0.05) is 0 Å². The molecule has 0 spiro atoms. The summed E-state index contributed by atoms with van der Waals surface area (Å²) < 4.78 is 0. The zero-order valence-electron chi connectivity index (χ0n) is 11.7. The Morgan fingerprint density at radius 2 is 2.05 bits per heavy atom. The van der Waals surface area contributed by atoms with Crippen LogP contribution in [0, 0.1) is 5.92 Å². The molecule has 20 heavy (non-hydrogen) atoms. The van der Waals surface area contributed by atoms with Crippen LogP contribution in [0.3, 0.4) is 0 Å². The minimum atomic E-state index is -0.0138. The van der Waals surface area contributed by atoms with Gasteiger partial charge in [0.2, 0.25) is 11.8 Å². The van der Waals surface area contributed by atoms with Crippen molar-refractivity contribution in [3.63, 3.8) is 0 Å². The summed E-state index contributed by atoms with van der Waals surface area (Å²) in [5.74, 6) is 0.289. The van der Waals surface area contributed by atoms with Gasteiger partial charge < -0.3 is 9.80 Å². The molecule has 3 aliphatic heterocycles. The van der Waals surface area contributed by atoms with Crippen LogP contribution in [0.25, 0.3) is 0 Å². The average Bonchev–Trinajstić information content (AvgIpc) is 2.74. The zero-order valence-corrected chi connectivity index (χ0v) is 11.7. The molecule has 0 saturated carbocycles. The van der Waals surface area contributed by atoms with E-state index in [9.17, 15) is 9.59 Å². The van der Waals surface area contributed by atoms with Crippen molar-refractivity contribution < 1.29 is 9.59 Å². The number of rotatable bonds is 2. The van der Waals surface area contributed by atoms with Gasteiger partial charge in [-0.3, -0.25) is 14.6 Å². The Hall–Kier alpha value is -1.91. The number of nitrogens with zero attached hydrogens (tertiary/aromatic N) is 3. The first kappa shape index (κ1) is 13.1. The third-order valence-corrected chi connectivity index (χ3v) is 4.42. The molecule has 5 heteroatoms. The molecule has 0 N–H and O–H groups in total. The third-order valence-electron chi connectivity index (χ3n) is 4.42. The van der Waals surface area contributed by atoms with Crippen molar-refractivity contribution in [1.82, 2.24) is 14.8 Å². The summed E-state index contributed by atoms with van der Waals surface area (Å²) in [7, 11) is 1.86. The number of aromatic nitrogens is 1. The lowest BCUT2D eigenvalue weighted by atomic mass is 9.95. The third kappa shape index (κ3) is 2.40. The largest absolute Gasteiger partial charge is 0.341 e. The van der Waals surface area contributed by atoms with Crippen molar-refractivity contribution in [2.75, 3.05) is 20.1 Å². The Kier molecular flexibility index (Phi) is 3.42. The number of piperidine rings is 1. The minimum absolute atomic E-state index is 0.0138. The van der Waals surface area contributed by atoms with Crippen molar-refractivity contribution in [3.05, 3.63) is 30.1 Å². The fraction of sp³-hybridized carbons (Fsp3) is 0.533. The summed E-state index contributed by atoms with van der Waals surface area (Å²) in [5, 5.41) is 0. The van der Waals surface area contributed by atoms with Crippen LogP contribution in [0.1, 0.15) is 18.4 Å². The maximum absolute atomic E-state index is 12.4. The van der Waals surface area contributed by atoms with E-state index in [-0.39, 0.29) is 23.8 Å². The predicted octanol–water partition coefficient (Wildman–Crippen LogP) is 0.703. The number of amides is 2. The van der Waals surface area contributed by atoms with E-state index in [0.717, 1.165) is 18.4 Å². The Labute approximate surface area is 118 Å². The summed E-state index contributed by atoms with van der Waals surface area (Å²) in [5.41, 5.74) is 0.973. The number of carbonyl (C=O) groups excluding carboxylic acids is 2. The second-order valence-corrected chi connectivity index (χ2v) is 5.71. The van der Waals surface area contributed by atoms with Crippen molar-refractivity contribution in [1.29, 1.82) is 0 Å². The average molecular weight is 273 g/mol. The summed E-state index contributed by atoms with van der Waals surface area (Å²) in [6.45, 7) is 1.24. The summed E-state index contributed by atoms with van der Waals surface area (Å²) in [6.07, 6.45) is 5.71. The zero-order chi connectivity index (χ0) is 14.1. The van der Waals surface area contributed by atoms with Crippen LogP contribution in [0.2, 0.25) is 0 Å². The highest BCUT2D eigenvalue weighted by atomic mass is 16.2. The molecular formula is C15H19N3O2. The molecular weight excluding hydrogens is 254 g/mol. The van der Waals surface area contributed by atoms with E-state index in [1.807, 2.05) is 29.0 Å². The number of hydrogen-bond acceptors (Lipinski definition) is 3. The van der Waals surface area contributed by atoms with Gasteiger partial charge in [-0.15, -0.1) is 0 Å².